The van der Waals surface area contributed by atoms with E-state index in [9.17, 15) is 0 Å². The Morgan fingerprint density at radius 1 is 1.20 bits per heavy atom. The molecule has 0 saturated carbocycles. The monoisotopic (exact) mass is 292 g/mol. The summed E-state index contributed by atoms with van der Waals surface area (Å²) in [6.45, 7) is 11.8. The quantitative estimate of drug-likeness (QED) is 0.577. The van der Waals surface area contributed by atoms with Crippen LogP contribution < -0.4 is 0 Å². The number of benzene rings is 1. The Labute approximate surface area is 125 Å². The molecule has 1 atom stereocenters. The van der Waals surface area contributed by atoms with E-state index in [4.69, 9.17) is 8.85 Å². The molecule has 0 aromatic heterocycles. The van der Waals surface area contributed by atoms with Crippen molar-refractivity contribution in [2.45, 2.75) is 45.7 Å². The molecule has 0 aliphatic heterocycles. The summed E-state index contributed by atoms with van der Waals surface area (Å²) in [6, 6.07) is 10.6. The Morgan fingerprint density at radius 2 is 2.00 bits per heavy atom. The summed E-state index contributed by atoms with van der Waals surface area (Å²) in [4.78, 5) is 0. The predicted molar refractivity (Wildman–Crippen MR) is 89.1 cm³/mol. The molecule has 0 N–H and O–H groups in total. The fraction of sp³-hybridized carbons (Fsp3) is 0.529. The Bertz CT molecular complexity index is 398. The van der Waals surface area contributed by atoms with E-state index in [0.717, 1.165) is 38.1 Å². The highest BCUT2D eigenvalue weighted by Crippen LogP contribution is 2.21. The third-order valence-corrected chi connectivity index (χ3v) is 7.40. The normalized spacial score (nSPS) is 13.9. The summed E-state index contributed by atoms with van der Waals surface area (Å²) in [5.74, 6) is 0. The lowest BCUT2D eigenvalue weighted by Gasteiger charge is -2.29. The van der Waals surface area contributed by atoms with Gasteiger partial charge in [0.1, 0.15) is 0 Å². The third-order valence-electron chi connectivity index (χ3n) is 3.52. The molecule has 3 heteroatoms. The maximum atomic E-state index is 6.23. The summed E-state index contributed by atoms with van der Waals surface area (Å²) in [5.41, 5.74) is 2.47. The SMILES string of the molecule is C=Cc1cccc(CCO[Si](CC)(CCC)OCC)c1. The molecule has 0 aliphatic rings. The maximum Gasteiger partial charge on any atom is 0.337 e. The molecule has 1 unspecified atom stereocenters. The third kappa shape index (κ3) is 5.23. The van der Waals surface area contributed by atoms with Gasteiger partial charge in [0.2, 0.25) is 0 Å². The fourth-order valence-electron chi connectivity index (χ4n) is 2.44. The molecule has 0 aliphatic carbocycles. The second-order valence-electron chi connectivity index (χ2n) is 4.99. The molecular weight excluding hydrogens is 264 g/mol. The standard InChI is InChI=1S/C17H28O2Si/c1-5-14-20(8-4,18-7-3)19-13-12-17-11-9-10-16(6-2)15-17/h6,9-11,15H,2,5,7-8,12-14H2,1,3-4H3. The summed E-state index contributed by atoms with van der Waals surface area (Å²) >= 11 is 0. The molecule has 0 heterocycles. The van der Waals surface area contributed by atoms with Gasteiger partial charge in [0.25, 0.3) is 0 Å². The molecule has 1 aromatic rings. The zero-order valence-corrected chi connectivity index (χ0v) is 14.2. The summed E-state index contributed by atoms with van der Waals surface area (Å²) < 4.78 is 12.2. The van der Waals surface area contributed by atoms with Gasteiger partial charge in [-0.2, -0.15) is 0 Å². The molecule has 1 aromatic carbocycles. The lowest BCUT2D eigenvalue weighted by atomic mass is 10.1. The lowest BCUT2D eigenvalue weighted by Crippen LogP contribution is -2.41. The molecule has 20 heavy (non-hydrogen) atoms. The van der Waals surface area contributed by atoms with Gasteiger partial charge < -0.3 is 8.85 Å². The number of hydrogen-bond acceptors (Lipinski definition) is 2. The highest BCUT2D eigenvalue weighted by molar-refractivity contribution is 6.67. The first-order valence-corrected chi connectivity index (χ1v) is 9.92. The first kappa shape index (κ1) is 17.1. The van der Waals surface area contributed by atoms with Crippen LogP contribution in [0.3, 0.4) is 0 Å². The second kappa shape index (κ2) is 9.11. The minimum atomic E-state index is -1.97. The van der Waals surface area contributed by atoms with E-state index in [1.807, 2.05) is 6.08 Å². The van der Waals surface area contributed by atoms with Crippen molar-refractivity contribution >= 4 is 14.6 Å². The van der Waals surface area contributed by atoms with Crippen LogP contribution in [-0.2, 0) is 15.3 Å². The maximum absolute atomic E-state index is 6.23. The number of rotatable bonds is 10. The Morgan fingerprint density at radius 3 is 2.60 bits per heavy atom. The average Bonchev–Trinajstić information content (AvgIpc) is 2.48. The highest BCUT2D eigenvalue weighted by atomic mass is 28.4. The molecule has 0 saturated heterocycles. The van der Waals surface area contributed by atoms with Gasteiger partial charge in [-0.1, -0.05) is 57.2 Å². The number of hydrogen-bond donors (Lipinski definition) is 0. The van der Waals surface area contributed by atoms with Crippen molar-refractivity contribution in [2.75, 3.05) is 13.2 Å². The summed E-state index contributed by atoms with van der Waals surface area (Å²) in [6.07, 6.45) is 3.95. The molecule has 0 radical (unpaired) electrons. The van der Waals surface area contributed by atoms with Gasteiger partial charge >= 0.3 is 8.56 Å². The van der Waals surface area contributed by atoms with Crippen LogP contribution in [0.2, 0.25) is 12.1 Å². The van der Waals surface area contributed by atoms with Gasteiger partial charge in [-0.15, -0.1) is 0 Å². The Hall–Kier alpha value is -0.903. The minimum absolute atomic E-state index is 0.751. The van der Waals surface area contributed by atoms with E-state index < -0.39 is 8.56 Å². The zero-order valence-electron chi connectivity index (χ0n) is 13.2. The van der Waals surface area contributed by atoms with Crippen LogP contribution in [0.1, 0.15) is 38.3 Å². The van der Waals surface area contributed by atoms with Crippen LogP contribution in [0.25, 0.3) is 6.08 Å². The van der Waals surface area contributed by atoms with E-state index in [-0.39, 0.29) is 0 Å². The van der Waals surface area contributed by atoms with Crippen molar-refractivity contribution in [3.8, 4) is 0 Å². The average molecular weight is 292 g/mol. The first-order chi connectivity index (χ1) is 9.69. The minimum Gasteiger partial charge on any atom is -0.394 e. The Kier molecular flexibility index (Phi) is 7.81. The van der Waals surface area contributed by atoms with E-state index in [1.54, 1.807) is 0 Å². The Balaban J connectivity index is 2.56. The molecule has 0 spiro atoms. The largest absolute Gasteiger partial charge is 0.394 e. The summed E-state index contributed by atoms with van der Waals surface area (Å²) in [7, 11) is -1.97. The second-order valence-corrected chi connectivity index (χ2v) is 8.60. The highest BCUT2D eigenvalue weighted by Gasteiger charge is 2.33. The molecular formula is C17H28O2Si. The lowest BCUT2D eigenvalue weighted by molar-refractivity contribution is 0.177. The first-order valence-electron chi connectivity index (χ1n) is 7.69. The van der Waals surface area contributed by atoms with Crippen LogP contribution in [0.15, 0.2) is 30.8 Å². The molecule has 1 rings (SSSR count). The van der Waals surface area contributed by atoms with Crippen molar-refractivity contribution in [2.24, 2.45) is 0 Å². The smallest absolute Gasteiger partial charge is 0.337 e. The van der Waals surface area contributed by atoms with E-state index in [0.29, 0.717) is 0 Å². The molecule has 0 amide bonds. The van der Waals surface area contributed by atoms with Gasteiger partial charge in [0.15, 0.2) is 0 Å². The van der Waals surface area contributed by atoms with Gasteiger partial charge in [-0.05, 0) is 36.6 Å². The van der Waals surface area contributed by atoms with Gasteiger partial charge in [0.05, 0.1) is 0 Å². The van der Waals surface area contributed by atoms with Crippen molar-refractivity contribution in [1.29, 1.82) is 0 Å². The zero-order chi connectivity index (χ0) is 14.8. The van der Waals surface area contributed by atoms with Crippen LogP contribution in [-0.4, -0.2) is 21.8 Å². The van der Waals surface area contributed by atoms with Crippen molar-refractivity contribution < 1.29 is 8.85 Å². The van der Waals surface area contributed by atoms with Gasteiger partial charge in [-0.3, -0.25) is 0 Å². The van der Waals surface area contributed by atoms with Gasteiger partial charge in [-0.25, -0.2) is 0 Å². The molecule has 112 valence electrons. The van der Waals surface area contributed by atoms with Crippen LogP contribution in [0, 0.1) is 0 Å². The van der Waals surface area contributed by atoms with Gasteiger partial charge in [0, 0.05) is 13.2 Å². The predicted octanol–water partition coefficient (Wildman–Crippen LogP) is 4.80. The topological polar surface area (TPSA) is 18.5 Å². The van der Waals surface area contributed by atoms with Crippen LogP contribution >= 0.6 is 0 Å². The van der Waals surface area contributed by atoms with E-state index >= 15 is 0 Å². The van der Waals surface area contributed by atoms with Crippen LogP contribution in [0.5, 0.6) is 0 Å². The fourth-order valence-corrected chi connectivity index (χ4v) is 5.34. The van der Waals surface area contributed by atoms with E-state index in [1.165, 1.54) is 11.1 Å². The van der Waals surface area contributed by atoms with Crippen molar-refractivity contribution in [1.82, 2.24) is 0 Å². The molecule has 0 fully saturated rings. The summed E-state index contributed by atoms with van der Waals surface area (Å²) in [5, 5.41) is 0. The van der Waals surface area contributed by atoms with Crippen molar-refractivity contribution in [3.05, 3.63) is 42.0 Å². The molecule has 0 bridgehead atoms. The van der Waals surface area contributed by atoms with Crippen LogP contribution in [0.4, 0.5) is 0 Å². The molecule has 2 nitrogen and oxygen atoms in total. The van der Waals surface area contributed by atoms with Crippen molar-refractivity contribution in [3.63, 3.8) is 0 Å². The van der Waals surface area contributed by atoms with E-state index in [2.05, 4.69) is 51.6 Å².